The smallest absolute Gasteiger partial charge is 0.205 e. The van der Waals surface area contributed by atoms with Gasteiger partial charge in [0.05, 0.1) is 0 Å². The van der Waals surface area contributed by atoms with Gasteiger partial charge in [-0.1, -0.05) is 0 Å². The van der Waals surface area contributed by atoms with E-state index in [1.165, 1.54) is 0 Å². The van der Waals surface area contributed by atoms with Crippen LogP contribution in [0.15, 0.2) is 0 Å². The van der Waals surface area contributed by atoms with Crippen molar-refractivity contribution in [1.29, 1.82) is 0 Å². The van der Waals surface area contributed by atoms with E-state index in [1.807, 2.05) is 0 Å². The summed E-state index contributed by atoms with van der Waals surface area (Å²) < 4.78 is 60.2. The van der Waals surface area contributed by atoms with Crippen molar-refractivity contribution in [3.05, 3.63) is 0 Å². The van der Waals surface area contributed by atoms with Gasteiger partial charge in [0.15, 0.2) is 0 Å². The van der Waals surface area contributed by atoms with Gasteiger partial charge in [-0.05, 0) is 0 Å². The Kier molecular flexibility index (Phi) is 1.42. The van der Waals surface area contributed by atoms with E-state index in [9.17, 15) is 21.6 Å². The summed E-state index contributed by atoms with van der Waals surface area (Å²) in [5.41, 5.74) is 0. The van der Waals surface area contributed by atoms with Crippen molar-refractivity contribution in [3.8, 4) is 0 Å². The lowest BCUT2D eigenvalue weighted by Gasteiger charge is -2.26. The molecule has 0 radical (unpaired) electrons. The Balaban J connectivity index is 2.56. The fraction of sp³-hybridized carbons (Fsp3) is 1.00. The van der Waals surface area contributed by atoms with Gasteiger partial charge in [0.1, 0.15) is 0 Å². The third-order valence-corrected chi connectivity index (χ3v) is 1.50. The fourth-order valence-electron chi connectivity index (χ4n) is 0.330. The Morgan fingerprint density at radius 3 is 1.70 bits per heavy atom. The van der Waals surface area contributed by atoms with Crippen LogP contribution in [0.3, 0.4) is 0 Å². The van der Waals surface area contributed by atoms with Crippen LogP contribution in [0, 0.1) is 0 Å². The van der Waals surface area contributed by atoms with Crippen LogP contribution in [0.1, 0.15) is 0 Å². The first-order valence-corrected chi connectivity index (χ1v) is 3.33. The van der Waals surface area contributed by atoms with Crippen molar-refractivity contribution in [2.75, 3.05) is 0 Å². The molecule has 0 aliphatic carbocycles. The first-order valence-electron chi connectivity index (χ1n) is 1.99. The number of alkyl halides is 3. The zero-order chi connectivity index (χ0) is 7.99. The van der Waals surface area contributed by atoms with E-state index < -0.39 is 22.9 Å². The molecule has 1 fully saturated rings. The summed E-state index contributed by atoms with van der Waals surface area (Å²) in [5, 5.41) is 0. The standard InChI is InChI=1S/C2HF3O4S/c3-2(4,5)1-8-10(6,7)9-1/h1H. The van der Waals surface area contributed by atoms with Gasteiger partial charge in [-0.25, -0.2) is 8.37 Å². The maximum Gasteiger partial charge on any atom is 0.442 e. The number of rotatable bonds is 0. The Labute approximate surface area is 53.9 Å². The lowest BCUT2D eigenvalue weighted by molar-refractivity contribution is -0.285. The normalized spacial score (nSPS) is 25.9. The summed E-state index contributed by atoms with van der Waals surface area (Å²) in [4.78, 5) is 0. The van der Waals surface area contributed by atoms with Crippen molar-refractivity contribution in [1.82, 2.24) is 0 Å². The first kappa shape index (κ1) is 7.76. The highest BCUT2D eigenvalue weighted by Crippen LogP contribution is 2.33. The lowest BCUT2D eigenvalue weighted by atomic mass is 10.6. The minimum Gasteiger partial charge on any atom is -0.205 e. The van der Waals surface area contributed by atoms with E-state index in [1.54, 1.807) is 0 Å². The second kappa shape index (κ2) is 1.83. The van der Waals surface area contributed by atoms with Crippen LogP contribution in [-0.2, 0) is 18.8 Å². The molecule has 8 heteroatoms. The molecule has 0 atom stereocenters. The summed E-state index contributed by atoms with van der Waals surface area (Å²) in [5.74, 6) is 0. The molecule has 4 nitrogen and oxygen atoms in total. The molecule has 1 aliphatic rings. The highest BCUT2D eigenvalue weighted by molar-refractivity contribution is 7.82. The summed E-state index contributed by atoms with van der Waals surface area (Å²) in [6.07, 6.45) is -7.39. The molecule has 0 aromatic heterocycles. The number of hydrogen-bond donors (Lipinski definition) is 0. The second-order valence-electron chi connectivity index (χ2n) is 1.47. The van der Waals surface area contributed by atoms with Crippen molar-refractivity contribution in [2.24, 2.45) is 0 Å². The molecular formula is C2HF3O4S. The van der Waals surface area contributed by atoms with E-state index in [0.717, 1.165) is 0 Å². The van der Waals surface area contributed by atoms with Crippen LogP contribution in [0.25, 0.3) is 0 Å². The van der Waals surface area contributed by atoms with Gasteiger partial charge in [-0.2, -0.15) is 21.6 Å². The summed E-state index contributed by atoms with van der Waals surface area (Å²) in [6.45, 7) is 0. The first-order chi connectivity index (χ1) is 4.31. The minimum absolute atomic E-state index is 2.61. The maximum absolute atomic E-state index is 11.3. The van der Waals surface area contributed by atoms with Gasteiger partial charge in [0.25, 0.3) is 6.29 Å². The van der Waals surface area contributed by atoms with E-state index in [0.29, 0.717) is 0 Å². The van der Waals surface area contributed by atoms with E-state index in [-0.39, 0.29) is 0 Å². The van der Waals surface area contributed by atoms with Crippen molar-refractivity contribution < 1.29 is 30.0 Å². The molecule has 0 aromatic rings. The van der Waals surface area contributed by atoms with E-state index in [2.05, 4.69) is 8.37 Å². The number of hydrogen-bond acceptors (Lipinski definition) is 4. The predicted molar refractivity (Wildman–Crippen MR) is 20.9 cm³/mol. The Morgan fingerprint density at radius 1 is 1.20 bits per heavy atom. The van der Waals surface area contributed by atoms with E-state index >= 15 is 0 Å². The average molecular weight is 178 g/mol. The zero-order valence-corrected chi connectivity index (χ0v) is 5.07. The molecule has 1 heterocycles. The minimum atomic E-state index is -4.77. The third kappa shape index (κ3) is 1.39. The molecule has 0 unspecified atom stereocenters. The van der Waals surface area contributed by atoms with Gasteiger partial charge >= 0.3 is 16.6 Å². The Morgan fingerprint density at radius 2 is 1.60 bits per heavy atom. The lowest BCUT2D eigenvalue weighted by Crippen LogP contribution is -2.46. The summed E-state index contributed by atoms with van der Waals surface area (Å²) in [7, 11) is -4.33. The molecule has 0 N–H and O–H groups in total. The Hall–Kier alpha value is -0.340. The SMILES string of the molecule is O=S1(=O)OC(C(F)(F)F)O1. The van der Waals surface area contributed by atoms with Crippen LogP contribution < -0.4 is 0 Å². The Bertz CT molecular complexity index is 215. The van der Waals surface area contributed by atoms with Crippen LogP contribution in [0.4, 0.5) is 13.2 Å². The van der Waals surface area contributed by atoms with Crippen LogP contribution in [0.5, 0.6) is 0 Å². The maximum atomic E-state index is 11.3. The monoisotopic (exact) mass is 178 g/mol. The topological polar surface area (TPSA) is 52.6 Å². The molecule has 0 bridgehead atoms. The van der Waals surface area contributed by atoms with Crippen molar-refractivity contribution in [3.63, 3.8) is 0 Å². The number of halogens is 3. The molecule has 1 rings (SSSR count). The molecule has 60 valence electrons. The predicted octanol–water partition coefficient (Wildman–Crippen LogP) is 0.166. The van der Waals surface area contributed by atoms with Gasteiger partial charge in [-0.15, -0.1) is 0 Å². The molecule has 0 saturated carbocycles. The van der Waals surface area contributed by atoms with Crippen LogP contribution in [-0.4, -0.2) is 20.9 Å². The molecule has 1 aliphatic heterocycles. The molecule has 0 amide bonds. The quantitative estimate of drug-likeness (QED) is 0.530. The average Bonchev–Trinajstić information content (AvgIpc) is 1.56. The van der Waals surface area contributed by atoms with Crippen molar-refractivity contribution in [2.45, 2.75) is 12.5 Å². The summed E-state index contributed by atoms with van der Waals surface area (Å²) >= 11 is 0. The van der Waals surface area contributed by atoms with Crippen molar-refractivity contribution >= 4 is 10.4 Å². The largest absolute Gasteiger partial charge is 0.442 e. The van der Waals surface area contributed by atoms with Crippen LogP contribution >= 0.6 is 0 Å². The van der Waals surface area contributed by atoms with Gasteiger partial charge < -0.3 is 0 Å². The van der Waals surface area contributed by atoms with E-state index in [4.69, 9.17) is 0 Å². The fourth-order valence-corrected chi connectivity index (χ4v) is 0.991. The highest BCUT2D eigenvalue weighted by atomic mass is 32.3. The third-order valence-electron chi connectivity index (χ3n) is 0.678. The molecular weight excluding hydrogens is 177 g/mol. The van der Waals surface area contributed by atoms with Gasteiger partial charge in [0, 0.05) is 0 Å². The molecule has 1 saturated heterocycles. The summed E-state index contributed by atoms with van der Waals surface area (Å²) in [6, 6.07) is 0. The van der Waals surface area contributed by atoms with Gasteiger partial charge in [-0.3, -0.25) is 0 Å². The highest BCUT2D eigenvalue weighted by Gasteiger charge is 2.55. The van der Waals surface area contributed by atoms with Crippen LogP contribution in [0.2, 0.25) is 0 Å². The molecule has 10 heavy (non-hydrogen) atoms. The molecule has 0 aromatic carbocycles. The zero-order valence-electron chi connectivity index (χ0n) is 4.25. The van der Waals surface area contributed by atoms with Gasteiger partial charge in [0.2, 0.25) is 0 Å². The molecule has 0 spiro atoms. The second-order valence-corrected chi connectivity index (χ2v) is 2.68.